The van der Waals surface area contributed by atoms with Crippen molar-refractivity contribution in [2.45, 2.75) is 32.3 Å². The quantitative estimate of drug-likeness (QED) is 0.899. The zero-order valence-electron chi connectivity index (χ0n) is 14.4. The topological polar surface area (TPSA) is 56.8 Å². The van der Waals surface area contributed by atoms with Gasteiger partial charge in [-0.15, -0.1) is 0 Å². The average Bonchev–Trinajstić information content (AvgIpc) is 2.78. The first-order valence-corrected chi connectivity index (χ1v) is 8.64. The monoisotopic (exact) mass is 339 g/mol. The molecule has 130 valence electrons. The van der Waals surface area contributed by atoms with Gasteiger partial charge >= 0.3 is 0 Å². The van der Waals surface area contributed by atoms with Gasteiger partial charge in [0.25, 0.3) is 5.91 Å². The van der Waals surface area contributed by atoms with Gasteiger partial charge in [-0.25, -0.2) is 0 Å². The standard InChI is InChI=1S/C20H21NO4/c1-12-13(2)25-19-15(12)5-3-6-16(19)20(22)21-14-7-8-17-18(11-14)24-10-4-9-23-17/h3,5-8,11-13H,4,9-10H2,1-2H3,(H,21,22). The van der Waals surface area contributed by atoms with Crippen LogP contribution in [0, 0.1) is 0 Å². The molecule has 4 rings (SSSR count). The molecule has 1 N–H and O–H groups in total. The summed E-state index contributed by atoms with van der Waals surface area (Å²) in [5.41, 5.74) is 2.31. The lowest BCUT2D eigenvalue weighted by molar-refractivity contribution is 0.102. The third kappa shape index (κ3) is 2.90. The number of carbonyl (C=O) groups excluding carboxylic acids is 1. The number of hydrogen-bond acceptors (Lipinski definition) is 4. The second-order valence-electron chi connectivity index (χ2n) is 6.50. The Hall–Kier alpha value is -2.69. The van der Waals surface area contributed by atoms with Crippen molar-refractivity contribution >= 4 is 11.6 Å². The molecule has 2 aliphatic heterocycles. The number of fused-ring (bicyclic) bond motifs is 2. The summed E-state index contributed by atoms with van der Waals surface area (Å²) >= 11 is 0. The summed E-state index contributed by atoms with van der Waals surface area (Å²) in [6, 6.07) is 11.2. The van der Waals surface area contributed by atoms with E-state index in [1.807, 2.05) is 31.2 Å². The molecule has 0 saturated carbocycles. The number of carbonyl (C=O) groups is 1. The predicted molar refractivity (Wildman–Crippen MR) is 94.9 cm³/mol. The van der Waals surface area contributed by atoms with Crippen molar-refractivity contribution in [3.05, 3.63) is 47.5 Å². The van der Waals surface area contributed by atoms with Gasteiger partial charge in [-0.05, 0) is 25.1 Å². The Morgan fingerprint density at radius 1 is 1.08 bits per heavy atom. The number of ether oxygens (including phenoxy) is 3. The number of anilines is 1. The zero-order chi connectivity index (χ0) is 17.4. The number of nitrogens with one attached hydrogen (secondary N) is 1. The van der Waals surface area contributed by atoms with E-state index in [9.17, 15) is 4.79 Å². The highest BCUT2D eigenvalue weighted by Gasteiger charge is 2.31. The lowest BCUT2D eigenvalue weighted by Crippen LogP contribution is -2.14. The van der Waals surface area contributed by atoms with E-state index < -0.39 is 0 Å². The first-order chi connectivity index (χ1) is 12.1. The molecule has 25 heavy (non-hydrogen) atoms. The fraction of sp³-hybridized carbons (Fsp3) is 0.350. The van der Waals surface area contributed by atoms with Gasteiger partial charge in [-0.1, -0.05) is 19.1 Å². The number of hydrogen-bond donors (Lipinski definition) is 1. The van der Waals surface area contributed by atoms with Gasteiger partial charge in [0, 0.05) is 29.7 Å². The lowest BCUT2D eigenvalue weighted by atomic mass is 9.97. The molecule has 2 atom stereocenters. The van der Waals surface area contributed by atoms with Gasteiger partial charge in [-0.2, -0.15) is 0 Å². The van der Waals surface area contributed by atoms with E-state index in [-0.39, 0.29) is 17.9 Å². The highest BCUT2D eigenvalue weighted by atomic mass is 16.5. The minimum absolute atomic E-state index is 0.0713. The van der Waals surface area contributed by atoms with Crippen LogP contribution in [0.25, 0.3) is 0 Å². The molecule has 2 aromatic rings. The summed E-state index contributed by atoms with van der Waals surface area (Å²) in [4.78, 5) is 12.8. The molecule has 0 saturated heterocycles. The van der Waals surface area contributed by atoms with Crippen LogP contribution in [0.5, 0.6) is 17.2 Å². The molecule has 0 bridgehead atoms. The van der Waals surface area contributed by atoms with Crippen LogP contribution in [-0.4, -0.2) is 25.2 Å². The Bertz CT molecular complexity index is 817. The summed E-state index contributed by atoms with van der Waals surface area (Å²) in [5.74, 6) is 2.15. The molecule has 5 nitrogen and oxygen atoms in total. The molecule has 2 aromatic carbocycles. The first kappa shape index (κ1) is 15.8. The van der Waals surface area contributed by atoms with Crippen molar-refractivity contribution in [3.8, 4) is 17.2 Å². The maximum atomic E-state index is 12.8. The summed E-state index contributed by atoms with van der Waals surface area (Å²) in [6.45, 7) is 5.39. The maximum Gasteiger partial charge on any atom is 0.259 e. The first-order valence-electron chi connectivity index (χ1n) is 8.64. The molecule has 2 aliphatic rings. The van der Waals surface area contributed by atoms with Crippen LogP contribution in [0.2, 0.25) is 0 Å². The molecule has 0 aliphatic carbocycles. The van der Waals surface area contributed by atoms with Crippen LogP contribution in [0.1, 0.15) is 42.1 Å². The SMILES string of the molecule is CC1Oc2c(C(=O)Nc3ccc4c(c3)OCCCO4)cccc2C1C. The molecule has 0 radical (unpaired) electrons. The Morgan fingerprint density at radius 2 is 1.88 bits per heavy atom. The van der Waals surface area contributed by atoms with Crippen molar-refractivity contribution in [1.82, 2.24) is 0 Å². The summed E-state index contributed by atoms with van der Waals surface area (Å²) in [7, 11) is 0. The van der Waals surface area contributed by atoms with Crippen molar-refractivity contribution < 1.29 is 19.0 Å². The smallest absolute Gasteiger partial charge is 0.259 e. The van der Waals surface area contributed by atoms with Gasteiger partial charge < -0.3 is 19.5 Å². The minimum atomic E-state index is -0.187. The van der Waals surface area contributed by atoms with Gasteiger partial charge in [0.2, 0.25) is 0 Å². The van der Waals surface area contributed by atoms with Crippen molar-refractivity contribution in [1.29, 1.82) is 0 Å². The number of rotatable bonds is 2. The lowest BCUT2D eigenvalue weighted by Gasteiger charge is -2.12. The Morgan fingerprint density at radius 3 is 2.72 bits per heavy atom. The van der Waals surface area contributed by atoms with E-state index in [4.69, 9.17) is 14.2 Å². The van der Waals surface area contributed by atoms with E-state index in [0.29, 0.717) is 41.7 Å². The highest BCUT2D eigenvalue weighted by molar-refractivity contribution is 6.06. The normalized spacial score (nSPS) is 21.0. The van der Waals surface area contributed by atoms with Gasteiger partial charge in [0.05, 0.1) is 18.8 Å². The molecule has 0 spiro atoms. The Balaban J connectivity index is 1.59. The van der Waals surface area contributed by atoms with E-state index in [2.05, 4.69) is 12.2 Å². The Labute approximate surface area is 146 Å². The summed E-state index contributed by atoms with van der Waals surface area (Å²) < 4.78 is 17.2. The van der Waals surface area contributed by atoms with Crippen LogP contribution >= 0.6 is 0 Å². The Kier molecular flexibility index (Phi) is 3.99. The number of amides is 1. The second-order valence-corrected chi connectivity index (χ2v) is 6.50. The van der Waals surface area contributed by atoms with Gasteiger partial charge in [0.15, 0.2) is 11.5 Å². The minimum Gasteiger partial charge on any atom is -0.490 e. The van der Waals surface area contributed by atoms with Crippen molar-refractivity contribution in [3.63, 3.8) is 0 Å². The molecule has 2 unspecified atom stereocenters. The van der Waals surface area contributed by atoms with E-state index in [0.717, 1.165) is 12.0 Å². The zero-order valence-corrected chi connectivity index (χ0v) is 14.4. The van der Waals surface area contributed by atoms with E-state index >= 15 is 0 Å². The number of para-hydroxylation sites is 1. The van der Waals surface area contributed by atoms with Crippen LogP contribution in [0.3, 0.4) is 0 Å². The van der Waals surface area contributed by atoms with E-state index in [1.165, 1.54) is 0 Å². The summed E-state index contributed by atoms with van der Waals surface area (Å²) in [5, 5.41) is 2.93. The molecule has 0 fully saturated rings. The highest BCUT2D eigenvalue weighted by Crippen LogP contribution is 2.40. The molecular weight excluding hydrogens is 318 g/mol. The fourth-order valence-electron chi connectivity index (χ4n) is 3.20. The maximum absolute atomic E-state index is 12.8. The van der Waals surface area contributed by atoms with Gasteiger partial charge in [0.1, 0.15) is 11.9 Å². The van der Waals surface area contributed by atoms with E-state index in [1.54, 1.807) is 12.1 Å². The molecule has 1 amide bonds. The fourth-order valence-corrected chi connectivity index (χ4v) is 3.20. The molecular formula is C20H21NO4. The van der Waals surface area contributed by atoms with Crippen molar-refractivity contribution in [2.75, 3.05) is 18.5 Å². The predicted octanol–water partition coefficient (Wildman–Crippen LogP) is 3.98. The average molecular weight is 339 g/mol. The second kappa shape index (κ2) is 6.31. The third-order valence-electron chi connectivity index (χ3n) is 4.79. The van der Waals surface area contributed by atoms with Crippen molar-refractivity contribution in [2.24, 2.45) is 0 Å². The number of benzene rings is 2. The largest absolute Gasteiger partial charge is 0.490 e. The van der Waals surface area contributed by atoms with Crippen LogP contribution in [0.15, 0.2) is 36.4 Å². The summed E-state index contributed by atoms with van der Waals surface area (Å²) in [6.07, 6.45) is 0.919. The third-order valence-corrected chi connectivity index (χ3v) is 4.79. The van der Waals surface area contributed by atoms with Crippen LogP contribution in [0.4, 0.5) is 5.69 Å². The van der Waals surface area contributed by atoms with Crippen LogP contribution < -0.4 is 19.5 Å². The van der Waals surface area contributed by atoms with Crippen LogP contribution in [-0.2, 0) is 0 Å². The molecule has 5 heteroatoms. The van der Waals surface area contributed by atoms with Gasteiger partial charge in [-0.3, -0.25) is 4.79 Å². The molecule has 2 heterocycles. The molecule has 0 aromatic heterocycles.